The van der Waals surface area contributed by atoms with Crippen LogP contribution >= 0.6 is 15.9 Å². The molecule has 1 heterocycles. The van der Waals surface area contributed by atoms with Crippen LogP contribution in [0.4, 0.5) is 0 Å². The number of nitrogens with zero attached hydrogens (tertiary/aromatic N) is 1. The van der Waals surface area contributed by atoms with Crippen molar-refractivity contribution in [3.05, 3.63) is 22.8 Å². The Balaban J connectivity index is 1.98. The van der Waals surface area contributed by atoms with Crippen molar-refractivity contribution in [3.63, 3.8) is 0 Å². The molecule has 0 bridgehead atoms. The Morgan fingerprint density at radius 1 is 1.54 bits per heavy atom. The van der Waals surface area contributed by atoms with Gasteiger partial charge < -0.3 is 9.84 Å². The van der Waals surface area contributed by atoms with E-state index in [0.717, 1.165) is 4.47 Å². The third-order valence-corrected chi connectivity index (χ3v) is 2.68. The summed E-state index contributed by atoms with van der Waals surface area (Å²) in [6.45, 7) is 0. The molecule has 0 amide bonds. The van der Waals surface area contributed by atoms with Gasteiger partial charge in [0.2, 0.25) is 5.88 Å². The zero-order valence-corrected chi connectivity index (χ0v) is 8.57. The standard InChI is InChI=1S/C9H10BrNO2/c10-8-2-1-3-11-9(8)13-7-4-6(12)5-7/h1-3,6-7,12H,4-5H2. The zero-order chi connectivity index (χ0) is 9.26. The van der Waals surface area contributed by atoms with Gasteiger partial charge in [-0.1, -0.05) is 0 Å². The van der Waals surface area contributed by atoms with E-state index in [4.69, 9.17) is 9.84 Å². The summed E-state index contributed by atoms with van der Waals surface area (Å²) in [5.74, 6) is 0.611. The highest BCUT2D eigenvalue weighted by atomic mass is 79.9. The molecule has 1 aliphatic carbocycles. The Hall–Kier alpha value is -0.610. The van der Waals surface area contributed by atoms with Crippen LogP contribution < -0.4 is 4.74 Å². The van der Waals surface area contributed by atoms with Crippen LogP contribution in [0, 0.1) is 0 Å². The molecule has 0 atom stereocenters. The van der Waals surface area contributed by atoms with E-state index in [1.807, 2.05) is 12.1 Å². The number of aliphatic hydroxyl groups excluding tert-OH is 1. The molecule has 4 heteroatoms. The monoisotopic (exact) mass is 243 g/mol. The molecule has 70 valence electrons. The van der Waals surface area contributed by atoms with Gasteiger partial charge in [0.05, 0.1) is 10.6 Å². The summed E-state index contributed by atoms with van der Waals surface area (Å²) in [7, 11) is 0. The maximum atomic E-state index is 9.05. The molecule has 3 nitrogen and oxygen atoms in total. The molecule has 1 aliphatic rings. The SMILES string of the molecule is OC1CC(Oc2ncccc2Br)C1. The molecule has 0 radical (unpaired) electrons. The molecule has 0 aromatic carbocycles. The molecule has 0 unspecified atom stereocenters. The summed E-state index contributed by atoms with van der Waals surface area (Å²) in [4.78, 5) is 4.07. The first kappa shape index (κ1) is 8.97. The minimum Gasteiger partial charge on any atom is -0.473 e. The van der Waals surface area contributed by atoms with Gasteiger partial charge in [-0.2, -0.15) is 0 Å². The van der Waals surface area contributed by atoms with Crippen LogP contribution in [0.2, 0.25) is 0 Å². The molecule has 1 fully saturated rings. The minimum absolute atomic E-state index is 0.126. The second-order valence-electron chi connectivity index (χ2n) is 3.16. The molecule has 1 N–H and O–H groups in total. The van der Waals surface area contributed by atoms with E-state index >= 15 is 0 Å². The highest BCUT2D eigenvalue weighted by Gasteiger charge is 2.29. The van der Waals surface area contributed by atoms with Gasteiger partial charge in [0, 0.05) is 19.0 Å². The molecule has 1 aromatic rings. The zero-order valence-electron chi connectivity index (χ0n) is 6.98. The fourth-order valence-corrected chi connectivity index (χ4v) is 1.60. The third kappa shape index (κ3) is 2.00. The number of halogens is 1. The van der Waals surface area contributed by atoms with Crippen molar-refractivity contribution in [2.24, 2.45) is 0 Å². The van der Waals surface area contributed by atoms with Gasteiger partial charge in [-0.15, -0.1) is 0 Å². The van der Waals surface area contributed by atoms with Gasteiger partial charge in [0.1, 0.15) is 6.10 Å². The van der Waals surface area contributed by atoms with E-state index in [1.165, 1.54) is 0 Å². The van der Waals surface area contributed by atoms with E-state index < -0.39 is 0 Å². The number of aromatic nitrogens is 1. The third-order valence-electron chi connectivity index (χ3n) is 2.07. The Morgan fingerprint density at radius 2 is 2.31 bits per heavy atom. The molecular formula is C9H10BrNO2. The van der Waals surface area contributed by atoms with Crippen molar-refractivity contribution in [3.8, 4) is 5.88 Å². The van der Waals surface area contributed by atoms with Crippen LogP contribution in [0.3, 0.4) is 0 Å². The number of aliphatic hydroxyl groups is 1. The van der Waals surface area contributed by atoms with Gasteiger partial charge in [0.15, 0.2) is 0 Å². The summed E-state index contributed by atoms with van der Waals surface area (Å²) in [5, 5.41) is 9.05. The van der Waals surface area contributed by atoms with Crippen LogP contribution in [0.15, 0.2) is 22.8 Å². The lowest BCUT2D eigenvalue weighted by Gasteiger charge is -2.31. The Morgan fingerprint density at radius 3 is 2.92 bits per heavy atom. The lowest BCUT2D eigenvalue weighted by Crippen LogP contribution is -2.37. The summed E-state index contributed by atoms with van der Waals surface area (Å²) >= 11 is 3.34. The highest BCUT2D eigenvalue weighted by Crippen LogP contribution is 2.28. The van der Waals surface area contributed by atoms with Crippen LogP contribution in [0.5, 0.6) is 5.88 Å². The molecule has 0 aliphatic heterocycles. The summed E-state index contributed by atoms with van der Waals surface area (Å²) < 4.78 is 6.39. The summed E-state index contributed by atoms with van der Waals surface area (Å²) in [6, 6.07) is 3.73. The Bertz CT molecular complexity index is 299. The van der Waals surface area contributed by atoms with Crippen molar-refractivity contribution in [2.75, 3.05) is 0 Å². The van der Waals surface area contributed by atoms with Crippen LogP contribution in [-0.4, -0.2) is 22.3 Å². The van der Waals surface area contributed by atoms with Gasteiger partial charge >= 0.3 is 0 Å². The molecule has 1 aromatic heterocycles. The topological polar surface area (TPSA) is 42.4 Å². The van der Waals surface area contributed by atoms with Crippen molar-refractivity contribution < 1.29 is 9.84 Å². The average molecular weight is 244 g/mol. The minimum atomic E-state index is -0.188. The second-order valence-corrected chi connectivity index (χ2v) is 4.01. The quantitative estimate of drug-likeness (QED) is 0.861. The van der Waals surface area contributed by atoms with E-state index in [0.29, 0.717) is 18.7 Å². The summed E-state index contributed by atoms with van der Waals surface area (Å²) in [5.41, 5.74) is 0. The van der Waals surface area contributed by atoms with Gasteiger partial charge in [-0.3, -0.25) is 0 Å². The lowest BCUT2D eigenvalue weighted by molar-refractivity contribution is -0.0132. The molecule has 2 rings (SSSR count). The number of hydrogen-bond acceptors (Lipinski definition) is 3. The predicted octanol–water partition coefficient (Wildman–Crippen LogP) is 1.75. The molecule has 13 heavy (non-hydrogen) atoms. The first-order valence-electron chi connectivity index (χ1n) is 4.21. The van der Waals surface area contributed by atoms with Gasteiger partial charge in [-0.05, 0) is 28.1 Å². The molecular weight excluding hydrogens is 234 g/mol. The number of rotatable bonds is 2. The van der Waals surface area contributed by atoms with E-state index in [-0.39, 0.29) is 12.2 Å². The van der Waals surface area contributed by atoms with Crippen LogP contribution in [0.25, 0.3) is 0 Å². The van der Waals surface area contributed by atoms with Crippen molar-refractivity contribution in [2.45, 2.75) is 25.0 Å². The first-order valence-corrected chi connectivity index (χ1v) is 5.00. The Labute approximate surface area is 84.9 Å². The average Bonchev–Trinajstić information content (AvgIpc) is 2.06. The Kier molecular flexibility index (Phi) is 2.51. The van der Waals surface area contributed by atoms with Crippen molar-refractivity contribution >= 4 is 15.9 Å². The highest BCUT2D eigenvalue weighted by molar-refractivity contribution is 9.10. The van der Waals surface area contributed by atoms with Crippen molar-refractivity contribution in [1.29, 1.82) is 0 Å². The lowest BCUT2D eigenvalue weighted by atomic mass is 9.92. The van der Waals surface area contributed by atoms with E-state index in [9.17, 15) is 0 Å². The molecule has 1 saturated carbocycles. The van der Waals surface area contributed by atoms with Gasteiger partial charge in [0.25, 0.3) is 0 Å². The summed E-state index contributed by atoms with van der Waals surface area (Å²) in [6.07, 6.45) is 3.05. The maximum Gasteiger partial charge on any atom is 0.228 e. The maximum absolute atomic E-state index is 9.05. The fourth-order valence-electron chi connectivity index (χ4n) is 1.25. The fraction of sp³-hybridized carbons (Fsp3) is 0.444. The van der Waals surface area contributed by atoms with Crippen LogP contribution in [-0.2, 0) is 0 Å². The molecule has 0 saturated heterocycles. The van der Waals surface area contributed by atoms with E-state index in [2.05, 4.69) is 20.9 Å². The molecule has 0 spiro atoms. The predicted molar refractivity (Wildman–Crippen MR) is 51.6 cm³/mol. The first-order chi connectivity index (χ1) is 6.25. The van der Waals surface area contributed by atoms with Gasteiger partial charge in [-0.25, -0.2) is 4.98 Å². The van der Waals surface area contributed by atoms with Crippen LogP contribution in [0.1, 0.15) is 12.8 Å². The normalized spacial score (nSPS) is 26.6. The second kappa shape index (κ2) is 3.64. The number of pyridine rings is 1. The largest absolute Gasteiger partial charge is 0.473 e. The number of ether oxygens (including phenoxy) is 1. The van der Waals surface area contributed by atoms with Crippen molar-refractivity contribution in [1.82, 2.24) is 4.98 Å². The number of hydrogen-bond donors (Lipinski definition) is 1. The smallest absolute Gasteiger partial charge is 0.228 e. The van der Waals surface area contributed by atoms with E-state index in [1.54, 1.807) is 6.20 Å².